The second-order valence-electron chi connectivity index (χ2n) is 7.08. The summed E-state index contributed by atoms with van der Waals surface area (Å²) < 4.78 is 0. The maximum Gasteiger partial charge on any atom is 0.00891 e. The Morgan fingerprint density at radius 2 is 0.864 bits per heavy atom. The van der Waals surface area contributed by atoms with Gasteiger partial charge in [-0.15, -0.1) is 12.4 Å². The maximum absolute atomic E-state index is 2.46. The molecule has 0 aliphatic heterocycles. The average Bonchev–Trinajstić information content (AvgIpc) is 2.47. The number of halogens is 1. The number of unbranched alkanes of at least 4 members (excludes halogenated alkanes) is 11. The Bertz CT molecular complexity index is 194. The summed E-state index contributed by atoms with van der Waals surface area (Å²) in [6, 6.07) is 0.826. The van der Waals surface area contributed by atoms with Crippen LogP contribution in [-0.2, 0) is 0 Å². The van der Waals surface area contributed by atoms with Crippen LogP contribution in [0.15, 0.2) is 0 Å². The molecule has 1 atom stereocenters. The highest BCUT2D eigenvalue weighted by molar-refractivity contribution is 5.85. The van der Waals surface area contributed by atoms with Crippen molar-refractivity contribution in [3.63, 3.8) is 0 Å². The zero-order valence-corrected chi connectivity index (χ0v) is 16.9. The summed E-state index contributed by atoms with van der Waals surface area (Å²) >= 11 is 0. The van der Waals surface area contributed by atoms with Gasteiger partial charge < -0.3 is 4.90 Å². The lowest BCUT2D eigenvalue weighted by molar-refractivity contribution is 0.251. The topological polar surface area (TPSA) is 3.24 Å². The summed E-state index contributed by atoms with van der Waals surface area (Å²) in [6.07, 6.45) is 21.4. The molecule has 0 aromatic rings. The van der Waals surface area contributed by atoms with Gasteiger partial charge in [0, 0.05) is 6.04 Å². The van der Waals surface area contributed by atoms with Gasteiger partial charge in [-0.05, 0) is 26.9 Å². The third-order valence-electron chi connectivity index (χ3n) is 4.76. The fourth-order valence-corrected chi connectivity index (χ4v) is 3.16. The number of rotatable bonds is 16. The normalized spacial score (nSPS) is 12.4. The second-order valence-corrected chi connectivity index (χ2v) is 7.08. The summed E-state index contributed by atoms with van der Waals surface area (Å²) in [7, 11) is 4.53. The molecule has 136 valence electrons. The lowest BCUT2D eigenvalue weighted by Crippen LogP contribution is -2.27. The van der Waals surface area contributed by atoms with E-state index in [4.69, 9.17) is 0 Å². The Hall–Kier alpha value is 0.250. The summed E-state index contributed by atoms with van der Waals surface area (Å²) in [5, 5.41) is 0. The highest BCUT2D eigenvalue weighted by Crippen LogP contribution is 2.17. The predicted octanol–water partition coefficient (Wildman–Crippen LogP) is 7.23. The monoisotopic (exact) mass is 333 g/mol. The van der Waals surface area contributed by atoms with Crippen molar-refractivity contribution in [1.29, 1.82) is 0 Å². The zero-order valence-electron chi connectivity index (χ0n) is 16.0. The largest absolute Gasteiger partial charge is 0.306 e. The third kappa shape index (κ3) is 16.6. The minimum absolute atomic E-state index is 0. The van der Waals surface area contributed by atoms with E-state index in [9.17, 15) is 0 Å². The first-order valence-electron chi connectivity index (χ1n) is 9.88. The van der Waals surface area contributed by atoms with E-state index >= 15 is 0 Å². The van der Waals surface area contributed by atoms with E-state index in [1.165, 1.54) is 96.3 Å². The fraction of sp³-hybridized carbons (Fsp3) is 1.00. The summed E-state index contributed by atoms with van der Waals surface area (Å²) in [5.74, 6) is 0. The van der Waals surface area contributed by atoms with E-state index in [0.717, 1.165) is 6.04 Å². The standard InChI is InChI=1S/C20H43N.ClH/c1-5-7-9-11-13-15-17-19-20(21(3)4)18-16-14-12-10-8-6-2;/h20H,5-19H2,1-4H3;1H. The predicted molar refractivity (Wildman–Crippen MR) is 105 cm³/mol. The van der Waals surface area contributed by atoms with Crippen LogP contribution in [0.1, 0.15) is 110 Å². The second kappa shape index (κ2) is 19.3. The van der Waals surface area contributed by atoms with Gasteiger partial charge in [-0.2, -0.15) is 0 Å². The summed E-state index contributed by atoms with van der Waals surface area (Å²) in [5.41, 5.74) is 0. The van der Waals surface area contributed by atoms with Gasteiger partial charge in [-0.1, -0.05) is 97.3 Å². The van der Waals surface area contributed by atoms with Crippen molar-refractivity contribution in [3.05, 3.63) is 0 Å². The molecule has 0 N–H and O–H groups in total. The van der Waals surface area contributed by atoms with Crippen LogP contribution in [0, 0.1) is 0 Å². The van der Waals surface area contributed by atoms with Crippen LogP contribution >= 0.6 is 12.4 Å². The molecule has 0 saturated carbocycles. The molecule has 0 saturated heterocycles. The molecule has 22 heavy (non-hydrogen) atoms. The minimum Gasteiger partial charge on any atom is -0.306 e. The molecule has 0 aliphatic carbocycles. The average molecular weight is 334 g/mol. The molecular weight excluding hydrogens is 290 g/mol. The molecule has 0 bridgehead atoms. The van der Waals surface area contributed by atoms with Gasteiger partial charge in [-0.3, -0.25) is 0 Å². The molecule has 0 amide bonds. The van der Waals surface area contributed by atoms with E-state index in [0.29, 0.717) is 0 Å². The molecule has 1 unspecified atom stereocenters. The molecule has 1 nitrogen and oxygen atoms in total. The Kier molecular flexibility index (Phi) is 21.5. The smallest absolute Gasteiger partial charge is 0.00891 e. The van der Waals surface area contributed by atoms with Crippen molar-refractivity contribution in [2.75, 3.05) is 14.1 Å². The van der Waals surface area contributed by atoms with Crippen LogP contribution in [0.25, 0.3) is 0 Å². The van der Waals surface area contributed by atoms with Gasteiger partial charge in [-0.25, -0.2) is 0 Å². The third-order valence-corrected chi connectivity index (χ3v) is 4.76. The SMILES string of the molecule is CCCCCCCCCC(CCCCCCCC)N(C)C.Cl. The van der Waals surface area contributed by atoms with Crippen LogP contribution in [0.2, 0.25) is 0 Å². The van der Waals surface area contributed by atoms with Crippen molar-refractivity contribution in [1.82, 2.24) is 4.90 Å². The Morgan fingerprint density at radius 3 is 1.18 bits per heavy atom. The Balaban J connectivity index is 0. The molecule has 0 aliphatic rings. The van der Waals surface area contributed by atoms with E-state index in [1.54, 1.807) is 0 Å². The van der Waals surface area contributed by atoms with Gasteiger partial charge >= 0.3 is 0 Å². The highest BCUT2D eigenvalue weighted by Gasteiger charge is 2.10. The van der Waals surface area contributed by atoms with Crippen molar-refractivity contribution in [2.24, 2.45) is 0 Å². The van der Waals surface area contributed by atoms with Gasteiger partial charge in [0.05, 0.1) is 0 Å². The molecule has 2 heteroatoms. The number of hydrogen-bond acceptors (Lipinski definition) is 1. The molecule has 0 rings (SSSR count). The summed E-state index contributed by atoms with van der Waals surface area (Å²) in [4.78, 5) is 2.46. The van der Waals surface area contributed by atoms with Gasteiger partial charge in [0.15, 0.2) is 0 Å². The minimum atomic E-state index is 0. The Labute approximate surface area is 148 Å². The van der Waals surface area contributed by atoms with Gasteiger partial charge in [0.2, 0.25) is 0 Å². The molecule has 0 aromatic carbocycles. The number of hydrogen-bond donors (Lipinski definition) is 0. The van der Waals surface area contributed by atoms with Crippen molar-refractivity contribution >= 4 is 12.4 Å². The zero-order chi connectivity index (χ0) is 15.8. The fourth-order valence-electron chi connectivity index (χ4n) is 3.16. The van der Waals surface area contributed by atoms with Crippen molar-refractivity contribution in [3.8, 4) is 0 Å². The van der Waals surface area contributed by atoms with E-state index in [1.807, 2.05) is 0 Å². The van der Waals surface area contributed by atoms with Crippen LogP contribution in [0.4, 0.5) is 0 Å². The lowest BCUT2D eigenvalue weighted by Gasteiger charge is -2.24. The van der Waals surface area contributed by atoms with Gasteiger partial charge in [0.25, 0.3) is 0 Å². The highest BCUT2D eigenvalue weighted by atomic mass is 35.5. The van der Waals surface area contributed by atoms with Crippen LogP contribution in [-0.4, -0.2) is 25.0 Å². The van der Waals surface area contributed by atoms with Crippen molar-refractivity contribution in [2.45, 2.75) is 116 Å². The van der Waals surface area contributed by atoms with Crippen molar-refractivity contribution < 1.29 is 0 Å². The van der Waals surface area contributed by atoms with Crippen LogP contribution in [0.3, 0.4) is 0 Å². The first-order valence-corrected chi connectivity index (χ1v) is 9.88. The molecule has 0 fully saturated rings. The van der Waals surface area contributed by atoms with E-state index in [-0.39, 0.29) is 12.4 Å². The van der Waals surface area contributed by atoms with E-state index in [2.05, 4.69) is 32.8 Å². The van der Waals surface area contributed by atoms with Gasteiger partial charge in [0.1, 0.15) is 0 Å². The van der Waals surface area contributed by atoms with Crippen LogP contribution < -0.4 is 0 Å². The van der Waals surface area contributed by atoms with E-state index < -0.39 is 0 Å². The quantitative estimate of drug-likeness (QED) is 0.269. The summed E-state index contributed by atoms with van der Waals surface area (Å²) in [6.45, 7) is 4.59. The lowest BCUT2D eigenvalue weighted by atomic mass is 9.99. The molecule has 0 heterocycles. The molecule has 0 radical (unpaired) electrons. The first kappa shape index (κ1) is 24.5. The molecular formula is C20H44ClN. The molecule has 0 spiro atoms. The Morgan fingerprint density at radius 1 is 0.545 bits per heavy atom. The first-order chi connectivity index (χ1) is 10.2. The maximum atomic E-state index is 2.46. The number of nitrogens with zero attached hydrogens (tertiary/aromatic N) is 1. The molecule has 0 aromatic heterocycles. The van der Waals surface area contributed by atoms with Crippen LogP contribution in [0.5, 0.6) is 0 Å².